The van der Waals surface area contributed by atoms with Crippen molar-refractivity contribution < 1.29 is 9.18 Å². The van der Waals surface area contributed by atoms with Gasteiger partial charge >= 0.3 is 0 Å². The molecule has 2 fully saturated rings. The molecule has 2 aliphatic heterocycles. The van der Waals surface area contributed by atoms with E-state index in [1.165, 1.54) is 12.1 Å². The first-order valence-electron chi connectivity index (χ1n) is 7.80. The molecule has 0 aromatic heterocycles. The standard InChI is InChI=1S/C16H21ClFN3O.ClH/c17-15-4-3-13(18)8-12(15)10-20-6-1-2-14(11-20)21-7-5-19-9-16(21)22;/h3-4,8,14,19H,1-2,5-7,9-11H2;1H. The molecule has 4 nitrogen and oxygen atoms in total. The van der Waals surface area contributed by atoms with Crippen LogP contribution in [0, 0.1) is 5.82 Å². The fourth-order valence-corrected chi connectivity index (χ4v) is 3.52. The largest absolute Gasteiger partial charge is 0.336 e. The van der Waals surface area contributed by atoms with Crippen LogP contribution in [0.25, 0.3) is 0 Å². The molecule has 1 atom stereocenters. The Bertz CT molecular complexity index is 558. The molecule has 0 aliphatic carbocycles. The van der Waals surface area contributed by atoms with E-state index in [0.717, 1.165) is 44.6 Å². The summed E-state index contributed by atoms with van der Waals surface area (Å²) in [7, 11) is 0. The van der Waals surface area contributed by atoms with Crippen LogP contribution in [0.1, 0.15) is 18.4 Å². The van der Waals surface area contributed by atoms with Crippen molar-refractivity contribution in [3.63, 3.8) is 0 Å². The quantitative estimate of drug-likeness (QED) is 0.896. The molecule has 1 aromatic rings. The SMILES string of the molecule is Cl.O=C1CNCCN1C1CCCN(Cc2cc(F)ccc2Cl)C1. The van der Waals surface area contributed by atoms with Crippen LogP contribution in [-0.4, -0.2) is 54.5 Å². The molecular weight excluding hydrogens is 340 g/mol. The molecule has 23 heavy (non-hydrogen) atoms. The van der Waals surface area contributed by atoms with Crippen molar-refractivity contribution in [2.75, 3.05) is 32.7 Å². The summed E-state index contributed by atoms with van der Waals surface area (Å²) in [6.45, 7) is 4.50. The minimum absolute atomic E-state index is 0. The molecule has 0 saturated carbocycles. The van der Waals surface area contributed by atoms with Crippen LogP contribution in [-0.2, 0) is 11.3 Å². The molecule has 2 saturated heterocycles. The van der Waals surface area contributed by atoms with E-state index in [0.29, 0.717) is 18.1 Å². The second kappa shape index (κ2) is 8.29. The number of carbonyl (C=O) groups excluding carboxylic acids is 1. The second-order valence-electron chi connectivity index (χ2n) is 6.03. The van der Waals surface area contributed by atoms with Gasteiger partial charge in [0.1, 0.15) is 5.82 Å². The van der Waals surface area contributed by atoms with Crippen molar-refractivity contribution in [2.45, 2.75) is 25.4 Å². The maximum atomic E-state index is 13.4. The lowest BCUT2D eigenvalue weighted by atomic mass is 10.0. The Labute approximate surface area is 147 Å². The monoisotopic (exact) mass is 361 g/mol. The predicted octanol–water partition coefficient (Wildman–Crippen LogP) is 2.30. The number of benzene rings is 1. The first-order chi connectivity index (χ1) is 10.6. The van der Waals surface area contributed by atoms with Crippen LogP contribution in [0.15, 0.2) is 18.2 Å². The van der Waals surface area contributed by atoms with E-state index >= 15 is 0 Å². The van der Waals surface area contributed by atoms with Gasteiger partial charge in [-0.15, -0.1) is 12.4 Å². The van der Waals surface area contributed by atoms with E-state index in [1.54, 1.807) is 6.07 Å². The van der Waals surface area contributed by atoms with Gasteiger partial charge in [-0.25, -0.2) is 4.39 Å². The van der Waals surface area contributed by atoms with Gasteiger partial charge < -0.3 is 10.2 Å². The maximum Gasteiger partial charge on any atom is 0.236 e. The number of hydrogen-bond donors (Lipinski definition) is 1. The van der Waals surface area contributed by atoms with Gasteiger partial charge in [0.15, 0.2) is 0 Å². The zero-order valence-electron chi connectivity index (χ0n) is 12.9. The minimum Gasteiger partial charge on any atom is -0.336 e. The summed E-state index contributed by atoms with van der Waals surface area (Å²) in [4.78, 5) is 16.3. The highest BCUT2D eigenvalue weighted by molar-refractivity contribution is 6.31. The normalized spacial score (nSPS) is 22.8. The smallest absolute Gasteiger partial charge is 0.236 e. The molecule has 1 aromatic carbocycles. The van der Waals surface area contributed by atoms with E-state index in [4.69, 9.17) is 11.6 Å². The van der Waals surface area contributed by atoms with E-state index in [2.05, 4.69) is 10.2 Å². The number of likely N-dealkylation sites (tertiary alicyclic amines) is 1. The molecule has 2 heterocycles. The van der Waals surface area contributed by atoms with Crippen molar-refractivity contribution in [1.82, 2.24) is 15.1 Å². The number of piperidine rings is 1. The molecule has 7 heteroatoms. The molecule has 0 bridgehead atoms. The van der Waals surface area contributed by atoms with Crippen LogP contribution in [0.2, 0.25) is 5.02 Å². The van der Waals surface area contributed by atoms with Crippen molar-refractivity contribution in [3.05, 3.63) is 34.6 Å². The van der Waals surface area contributed by atoms with Gasteiger partial charge in [0.25, 0.3) is 0 Å². The highest BCUT2D eigenvalue weighted by Crippen LogP contribution is 2.23. The number of hydrogen-bond acceptors (Lipinski definition) is 3. The van der Waals surface area contributed by atoms with Crippen LogP contribution in [0.5, 0.6) is 0 Å². The zero-order chi connectivity index (χ0) is 15.5. The van der Waals surface area contributed by atoms with Crippen molar-refractivity contribution >= 4 is 29.9 Å². The first-order valence-corrected chi connectivity index (χ1v) is 8.18. The first kappa shape index (κ1) is 18.5. The van der Waals surface area contributed by atoms with Gasteiger partial charge in [-0.3, -0.25) is 9.69 Å². The van der Waals surface area contributed by atoms with Crippen LogP contribution >= 0.6 is 24.0 Å². The van der Waals surface area contributed by atoms with Gasteiger partial charge in [0.2, 0.25) is 5.91 Å². The highest BCUT2D eigenvalue weighted by atomic mass is 35.5. The lowest BCUT2D eigenvalue weighted by Gasteiger charge is -2.41. The maximum absolute atomic E-state index is 13.4. The Kier molecular flexibility index (Phi) is 6.65. The highest BCUT2D eigenvalue weighted by Gasteiger charge is 2.30. The zero-order valence-corrected chi connectivity index (χ0v) is 14.5. The van der Waals surface area contributed by atoms with E-state index in [-0.39, 0.29) is 30.2 Å². The van der Waals surface area contributed by atoms with Gasteiger partial charge in [0, 0.05) is 37.2 Å². The summed E-state index contributed by atoms with van der Waals surface area (Å²) in [5, 5.41) is 3.70. The van der Waals surface area contributed by atoms with Gasteiger partial charge in [-0.05, 0) is 43.1 Å². The molecular formula is C16H22Cl2FN3O. The number of piperazine rings is 1. The number of nitrogens with one attached hydrogen (secondary N) is 1. The Hall–Kier alpha value is -0.880. The third kappa shape index (κ3) is 4.57. The molecule has 0 radical (unpaired) electrons. The Morgan fingerprint density at radius 3 is 2.96 bits per heavy atom. The Morgan fingerprint density at radius 1 is 1.35 bits per heavy atom. The summed E-state index contributed by atoms with van der Waals surface area (Å²) in [5.41, 5.74) is 0.814. The van der Waals surface area contributed by atoms with Crippen molar-refractivity contribution in [1.29, 1.82) is 0 Å². The van der Waals surface area contributed by atoms with E-state index in [1.807, 2.05) is 4.90 Å². The van der Waals surface area contributed by atoms with E-state index < -0.39 is 0 Å². The number of amides is 1. The second-order valence-corrected chi connectivity index (χ2v) is 6.44. The summed E-state index contributed by atoms with van der Waals surface area (Å²) in [5.74, 6) is -0.0767. The average Bonchev–Trinajstić information content (AvgIpc) is 2.52. The van der Waals surface area contributed by atoms with Crippen LogP contribution in [0.4, 0.5) is 4.39 Å². The minimum atomic E-state index is -0.259. The molecule has 3 rings (SSSR count). The van der Waals surface area contributed by atoms with Crippen LogP contribution in [0.3, 0.4) is 0 Å². The van der Waals surface area contributed by atoms with Gasteiger partial charge in [-0.2, -0.15) is 0 Å². The summed E-state index contributed by atoms with van der Waals surface area (Å²) >= 11 is 6.16. The topological polar surface area (TPSA) is 35.6 Å². The third-order valence-corrected chi connectivity index (χ3v) is 4.82. The molecule has 0 spiro atoms. The van der Waals surface area contributed by atoms with Crippen molar-refractivity contribution in [2.24, 2.45) is 0 Å². The van der Waals surface area contributed by atoms with E-state index in [9.17, 15) is 9.18 Å². The lowest BCUT2D eigenvalue weighted by Crippen LogP contribution is -2.56. The fourth-order valence-electron chi connectivity index (χ4n) is 3.34. The lowest BCUT2D eigenvalue weighted by molar-refractivity contribution is -0.135. The predicted molar refractivity (Wildman–Crippen MR) is 91.5 cm³/mol. The third-order valence-electron chi connectivity index (χ3n) is 4.45. The van der Waals surface area contributed by atoms with Gasteiger partial charge in [0.05, 0.1) is 6.54 Å². The molecule has 128 valence electrons. The summed E-state index contributed by atoms with van der Waals surface area (Å²) < 4.78 is 13.4. The average molecular weight is 362 g/mol. The molecule has 1 unspecified atom stereocenters. The Morgan fingerprint density at radius 2 is 2.17 bits per heavy atom. The number of rotatable bonds is 3. The molecule has 2 aliphatic rings. The van der Waals surface area contributed by atoms with Crippen LogP contribution < -0.4 is 5.32 Å². The van der Waals surface area contributed by atoms with Crippen molar-refractivity contribution in [3.8, 4) is 0 Å². The number of halogens is 3. The molecule has 1 amide bonds. The Balaban J connectivity index is 0.00000192. The van der Waals surface area contributed by atoms with Gasteiger partial charge in [-0.1, -0.05) is 11.6 Å². The summed E-state index contributed by atoms with van der Waals surface area (Å²) in [6.07, 6.45) is 2.09. The number of nitrogens with zero attached hydrogens (tertiary/aromatic N) is 2. The summed E-state index contributed by atoms with van der Waals surface area (Å²) in [6, 6.07) is 4.75. The molecule has 1 N–H and O–H groups in total. The number of carbonyl (C=O) groups is 1. The fraction of sp³-hybridized carbons (Fsp3) is 0.562.